The highest BCUT2D eigenvalue weighted by atomic mass is 35.5. The van der Waals surface area contributed by atoms with Crippen LogP contribution in [0.5, 0.6) is 0 Å². The number of pyridine rings is 1. The molecule has 0 amide bonds. The van der Waals surface area contributed by atoms with Crippen molar-refractivity contribution in [2.45, 2.75) is 6.92 Å². The van der Waals surface area contributed by atoms with E-state index in [1.165, 1.54) is 0 Å². The Bertz CT molecular complexity index is 855. The standard InChI is InChI=1S/C14H8Cl5N3O2/c1-5(7-3-2-6(15)4-8(7)16)21-22-11-9(17)12(14(23)24)20-13(19)10(11)18/h2-4H,1H3,(H,20,22)(H,23,24)/b21-5+. The zero-order chi connectivity index (χ0) is 18.0. The molecule has 2 rings (SSSR count). The lowest BCUT2D eigenvalue weighted by atomic mass is 10.1. The number of aromatic carboxylic acids is 1. The average molecular weight is 428 g/mol. The van der Waals surface area contributed by atoms with E-state index in [-0.39, 0.29) is 20.9 Å². The normalized spacial score (nSPS) is 11.5. The number of aromatic nitrogens is 1. The van der Waals surface area contributed by atoms with Crippen LogP contribution in [0.2, 0.25) is 25.2 Å². The monoisotopic (exact) mass is 425 g/mol. The second-order valence-corrected chi connectivity index (χ2v) is 6.45. The van der Waals surface area contributed by atoms with Gasteiger partial charge in [-0.15, -0.1) is 0 Å². The summed E-state index contributed by atoms with van der Waals surface area (Å²) in [5, 5.41) is 13.6. The summed E-state index contributed by atoms with van der Waals surface area (Å²) in [6.07, 6.45) is 0. The van der Waals surface area contributed by atoms with Crippen molar-refractivity contribution in [3.63, 3.8) is 0 Å². The highest BCUT2D eigenvalue weighted by molar-refractivity contribution is 6.46. The molecule has 5 nitrogen and oxygen atoms in total. The van der Waals surface area contributed by atoms with Gasteiger partial charge >= 0.3 is 5.97 Å². The zero-order valence-corrected chi connectivity index (χ0v) is 15.7. The van der Waals surface area contributed by atoms with Crippen LogP contribution in [0, 0.1) is 0 Å². The first-order chi connectivity index (χ1) is 11.2. The molecule has 0 atom stereocenters. The molecule has 2 aromatic rings. The van der Waals surface area contributed by atoms with Crippen molar-refractivity contribution < 1.29 is 9.90 Å². The van der Waals surface area contributed by atoms with Gasteiger partial charge in [0, 0.05) is 10.6 Å². The van der Waals surface area contributed by atoms with E-state index >= 15 is 0 Å². The van der Waals surface area contributed by atoms with Gasteiger partial charge in [-0.25, -0.2) is 9.78 Å². The number of nitrogens with zero attached hydrogens (tertiary/aromatic N) is 2. The maximum atomic E-state index is 11.1. The first-order valence-corrected chi connectivity index (χ1v) is 8.14. The number of nitrogens with one attached hydrogen (secondary N) is 1. The number of carboxylic acid groups (broad SMARTS) is 1. The van der Waals surface area contributed by atoms with Crippen molar-refractivity contribution in [1.29, 1.82) is 0 Å². The Balaban J connectivity index is 2.42. The van der Waals surface area contributed by atoms with Crippen molar-refractivity contribution in [2.24, 2.45) is 5.10 Å². The Morgan fingerprint density at radius 1 is 1.17 bits per heavy atom. The van der Waals surface area contributed by atoms with Crippen LogP contribution in [0.25, 0.3) is 0 Å². The van der Waals surface area contributed by atoms with Crippen molar-refractivity contribution in [3.8, 4) is 0 Å². The Kier molecular flexibility index (Phi) is 6.17. The molecule has 1 aromatic heterocycles. The summed E-state index contributed by atoms with van der Waals surface area (Å²) in [4.78, 5) is 14.8. The summed E-state index contributed by atoms with van der Waals surface area (Å²) < 4.78 is 0. The minimum absolute atomic E-state index is 0.0279. The number of carbonyl (C=O) groups is 1. The molecule has 0 aliphatic carbocycles. The summed E-state index contributed by atoms with van der Waals surface area (Å²) in [6, 6.07) is 4.92. The molecule has 0 fully saturated rings. The Labute approximate surface area is 162 Å². The number of benzene rings is 1. The van der Waals surface area contributed by atoms with Crippen molar-refractivity contribution in [1.82, 2.24) is 4.98 Å². The Morgan fingerprint density at radius 2 is 1.83 bits per heavy atom. The number of rotatable bonds is 4. The van der Waals surface area contributed by atoms with E-state index in [4.69, 9.17) is 63.1 Å². The molecular weight excluding hydrogens is 419 g/mol. The fourth-order valence-electron chi connectivity index (χ4n) is 1.74. The summed E-state index contributed by atoms with van der Waals surface area (Å²) >= 11 is 29.8. The number of halogens is 5. The van der Waals surface area contributed by atoms with E-state index < -0.39 is 11.7 Å². The molecule has 0 unspecified atom stereocenters. The molecule has 126 valence electrons. The van der Waals surface area contributed by atoms with Gasteiger partial charge in [-0.2, -0.15) is 5.10 Å². The van der Waals surface area contributed by atoms with Gasteiger partial charge in [0.2, 0.25) is 0 Å². The zero-order valence-electron chi connectivity index (χ0n) is 11.9. The predicted molar refractivity (Wildman–Crippen MR) is 98.5 cm³/mol. The summed E-state index contributed by atoms with van der Waals surface area (Å²) in [5.74, 6) is -1.34. The lowest BCUT2D eigenvalue weighted by molar-refractivity contribution is 0.0691. The van der Waals surface area contributed by atoms with E-state index in [1.54, 1.807) is 25.1 Å². The Hall–Kier alpha value is -1.24. The van der Waals surface area contributed by atoms with Crippen molar-refractivity contribution in [2.75, 3.05) is 5.43 Å². The lowest BCUT2D eigenvalue weighted by Crippen LogP contribution is -2.06. The van der Waals surface area contributed by atoms with Gasteiger partial charge in [0.05, 0.1) is 16.4 Å². The molecule has 0 radical (unpaired) electrons. The van der Waals surface area contributed by atoms with E-state index in [1.807, 2.05) is 0 Å². The highest BCUT2D eigenvalue weighted by Crippen LogP contribution is 2.37. The van der Waals surface area contributed by atoms with Crippen molar-refractivity contribution >= 4 is 75.4 Å². The van der Waals surface area contributed by atoms with Gasteiger partial charge in [-0.1, -0.05) is 64.1 Å². The molecule has 0 saturated heterocycles. The maximum Gasteiger partial charge on any atom is 0.356 e. The van der Waals surface area contributed by atoms with Crippen molar-refractivity contribution in [3.05, 3.63) is 54.7 Å². The smallest absolute Gasteiger partial charge is 0.356 e. The fourth-order valence-corrected chi connectivity index (χ4v) is 2.95. The van der Waals surface area contributed by atoms with Crippen LogP contribution in [0.4, 0.5) is 5.69 Å². The van der Waals surface area contributed by atoms with Crippen LogP contribution in [-0.2, 0) is 0 Å². The summed E-state index contributed by atoms with van der Waals surface area (Å²) in [6.45, 7) is 1.69. The molecule has 0 saturated carbocycles. The maximum absolute atomic E-state index is 11.1. The first kappa shape index (κ1) is 19.1. The third kappa shape index (κ3) is 4.05. The van der Waals surface area contributed by atoms with Gasteiger partial charge < -0.3 is 5.11 Å². The lowest BCUT2D eigenvalue weighted by Gasteiger charge is -2.11. The number of anilines is 1. The van der Waals surface area contributed by atoms with Gasteiger partial charge in [-0.3, -0.25) is 5.43 Å². The molecule has 0 spiro atoms. The molecule has 0 aliphatic rings. The molecular formula is C14H8Cl5N3O2. The topological polar surface area (TPSA) is 74.6 Å². The quantitative estimate of drug-likeness (QED) is 0.363. The second kappa shape index (κ2) is 7.76. The molecule has 10 heteroatoms. The van der Waals surface area contributed by atoms with Gasteiger partial charge in [-0.05, 0) is 19.1 Å². The van der Waals surface area contributed by atoms with Crippen LogP contribution >= 0.6 is 58.0 Å². The van der Waals surface area contributed by atoms with E-state index in [0.717, 1.165) is 0 Å². The Morgan fingerprint density at radius 3 is 2.42 bits per heavy atom. The largest absolute Gasteiger partial charge is 0.476 e. The van der Waals surface area contributed by atoms with E-state index in [0.29, 0.717) is 21.3 Å². The van der Waals surface area contributed by atoms with E-state index in [2.05, 4.69) is 15.5 Å². The van der Waals surface area contributed by atoms with Gasteiger partial charge in [0.1, 0.15) is 10.0 Å². The second-order valence-electron chi connectivity index (χ2n) is 4.49. The minimum atomic E-state index is -1.34. The van der Waals surface area contributed by atoms with Crippen LogP contribution in [0.15, 0.2) is 23.3 Å². The molecule has 1 heterocycles. The average Bonchev–Trinajstić information content (AvgIpc) is 2.50. The highest BCUT2D eigenvalue weighted by Gasteiger charge is 2.20. The summed E-state index contributed by atoms with van der Waals surface area (Å²) in [7, 11) is 0. The van der Waals surface area contributed by atoms with Crippen LogP contribution in [0.3, 0.4) is 0 Å². The number of hydrazone groups is 1. The van der Waals surface area contributed by atoms with Gasteiger partial charge in [0.25, 0.3) is 0 Å². The first-order valence-electron chi connectivity index (χ1n) is 6.26. The third-order valence-electron chi connectivity index (χ3n) is 2.90. The summed E-state index contributed by atoms with van der Waals surface area (Å²) in [5.41, 5.74) is 3.31. The van der Waals surface area contributed by atoms with Gasteiger partial charge in [0.15, 0.2) is 10.8 Å². The fraction of sp³-hybridized carbons (Fsp3) is 0.0714. The predicted octanol–water partition coefficient (Wildman–Crippen LogP) is 5.88. The molecule has 1 aromatic carbocycles. The van der Waals surface area contributed by atoms with Crippen LogP contribution < -0.4 is 5.43 Å². The number of hydrogen-bond donors (Lipinski definition) is 2. The number of carboxylic acids is 1. The number of hydrogen-bond acceptors (Lipinski definition) is 4. The minimum Gasteiger partial charge on any atom is -0.476 e. The molecule has 24 heavy (non-hydrogen) atoms. The SMILES string of the molecule is C/C(=N\Nc1c(Cl)c(Cl)nc(C(=O)O)c1Cl)c1ccc(Cl)cc1Cl. The van der Waals surface area contributed by atoms with Crippen LogP contribution in [-0.4, -0.2) is 21.8 Å². The molecule has 0 aliphatic heterocycles. The van der Waals surface area contributed by atoms with E-state index in [9.17, 15) is 4.79 Å². The third-order valence-corrected chi connectivity index (χ3v) is 4.55. The molecule has 0 bridgehead atoms. The molecule has 2 N–H and O–H groups in total. The van der Waals surface area contributed by atoms with Crippen LogP contribution in [0.1, 0.15) is 23.0 Å².